The number of benzene rings is 12. The minimum Gasteiger partial charge on any atom is -0.311 e. The molecule has 0 aliphatic carbocycles. The average molecular weight is 1030 g/mol. The highest BCUT2D eigenvalue weighted by Crippen LogP contribution is 2.45. The van der Waals surface area contributed by atoms with Gasteiger partial charge in [-0.15, -0.1) is 0 Å². The fraction of sp³-hybridized carbons (Fsp3) is 0.0133. The highest BCUT2D eigenvalue weighted by atomic mass is 15.2. The molecule has 0 fully saturated rings. The first-order valence-corrected chi connectivity index (χ1v) is 27.2. The number of hydrogen-bond acceptors (Lipinski definition) is 4. The third-order valence-corrected chi connectivity index (χ3v) is 15.0. The molecule has 1 aromatic heterocycles. The molecule has 0 bridgehead atoms. The van der Waals surface area contributed by atoms with Crippen LogP contribution in [0.1, 0.15) is 11.3 Å². The molecule has 0 saturated heterocycles. The van der Waals surface area contributed by atoms with E-state index < -0.39 is 0 Å². The van der Waals surface area contributed by atoms with E-state index in [2.05, 4.69) is 347 Å². The molecule has 0 atom stereocenters. The van der Waals surface area contributed by atoms with Crippen molar-refractivity contribution in [3.05, 3.63) is 333 Å². The third kappa shape index (κ3) is 9.44. The summed E-state index contributed by atoms with van der Waals surface area (Å²) in [6.45, 7) is 7.11. The van der Waals surface area contributed by atoms with Crippen LogP contribution in [0.4, 0.5) is 62.6 Å². The maximum absolute atomic E-state index is 4.86. The van der Waals surface area contributed by atoms with E-state index in [1.165, 1.54) is 10.8 Å². The van der Waals surface area contributed by atoms with Crippen molar-refractivity contribution in [3.8, 4) is 5.69 Å². The number of aromatic nitrogens is 1. The van der Waals surface area contributed by atoms with Crippen LogP contribution in [0, 0.1) is 6.92 Å². The van der Waals surface area contributed by atoms with Gasteiger partial charge < -0.3 is 24.2 Å². The van der Waals surface area contributed by atoms with E-state index in [1.807, 2.05) is 0 Å². The standard InChI is InChI=1S/C75H57N5/c1-55(76(73-40-22-26-57-24-18-20-38-69(57)73)64-43-45-65(46-44-64)77(59-28-8-3-9-29-59)60-30-10-4-11-31-60)42-52-72-56(2)71-54-68(51-53-75(71)80(72)63-36-16-7-17-37-63)79(74-41-23-27-58-25-19-21-39-70(58)74)67-49-47-66(48-50-67)78(61-32-12-5-13-33-61)62-34-14-6-15-35-62/h3-54H,1H2,2H3/b52-42-. The van der Waals surface area contributed by atoms with Crippen LogP contribution >= 0.6 is 0 Å². The molecule has 382 valence electrons. The monoisotopic (exact) mass is 1030 g/mol. The molecular formula is C75H57N5. The Morgan fingerprint density at radius 3 is 1.21 bits per heavy atom. The summed E-state index contributed by atoms with van der Waals surface area (Å²) in [6, 6.07) is 108. The van der Waals surface area contributed by atoms with Gasteiger partial charge in [-0.1, -0.05) is 170 Å². The number of allylic oxidation sites excluding steroid dienone is 1. The van der Waals surface area contributed by atoms with E-state index in [-0.39, 0.29) is 0 Å². The molecule has 0 spiro atoms. The van der Waals surface area contributed by atoms with Crippen LogP contribution in [0.3, 0.4) is 0 Å². The van der Waals surface area contributed by atoms with E-state index in [1.54, 1.807) is 0 Å². The Hall–Kier alpha value is -10.6. The van der Waals surface area contributed by atoms with E-state index in [9.17, 15) is 0 Å². The van der Waals surface area contributed by atoms with Gasteiger partial charge in [-0.2, -0.15) is 0 Å². The lowest BCUT2D eigenvalue weighted by atomic mass is 10.0. The summed E-state index contributed by atoms with van der Waals surface area (Å²) in [5, 5.41) is 5.81. The van der Waals surface area contributed by atoms with Gasteiger partial charge >= 0.3 is 0 Å². The second kappa shape index (κ2) is 21.8. The normalized spacial score (nSPS) is 11.3. The SMILES string of the molecule is C=C(/C=C\c1c(C)c2cc(N(c3ccc(N(c4ccccc4)c4ccccc4)cc3)c3cccc4ccccc34)ccc2n1-c1ccccc1)N(c1ccc(N(c2ccccc2)c2ccccc2)cc1)c1cccc2ccccc12. The first-order valence-electron chi connectivity index (χ1n) is 27.2. The zero-order valence-electron chi connectivity index (χ0n) is 44.5. The van der Waals surface area contributed by atoms with Gasteiger partial charge in [-0.3, -0.25) is 0 Å². The van der Waals surface area contributed by atoms with Crippen molar-refractivity contribution in [1.82, 2.24) is 4.57 Å². The Kier molecular flexibility index (Phi) is 13.3. The van der Waals surface area contributed by atoms with E-state index >= 15 is 0 Å². The van der Waals surface area contributed by atoms with Crippen LogP contribution in [0.15, 0.2) is 322 Å². The summed E-state index contributed by atoms with van der Waals surface area (Å²) in [5.74, 6) is 0. The molecule has 13 rings (SSSR count). The Balaban J connectivity index is 0.923. The Morgan fingerprint density at radius 1 is 0.338 bits per heavy atom. The van der Waals surface area contributed by atoms with Crippen LogP contribution in [0.2, 0.25) is 0 Å². The Morgan fingerprint density at radius 2 is 0.713 bits per heavy atom. The lowest BCUT2D eigenvalue weighted by Crippen LogP contribution is -2.15. The van der Waals surface area contributed by atoms with Crippen LogP contribution in [-0.4, -0.2) is 4.57 Å². The molecule has 0 N–H and O–H groups in total. The van der Waals surface area contributed by atoms with Crippen LogP contribution in [0.5, 0.6) is 0 Å². The summed E-state index contributed by atoms with van der Waals surface area (Å²) in [6.07, 6.45) is 4.42. The number of hydrogen-bond donors (Lipinski definition) is 0. The minimum absolute atomic E-state index is 0.825. The smallest absolute Gasteiger partial charge is 0.0540 e. The van der Waals surface area contributed by atoms with Gasteiger partial charge in [0.05, 0.1) is 16.9 Å². The Bertz CT molecular complexity index is 4220. The second-order valence-corrected chi connectivity index (χ2v) is 19.9. The average Bonchev–Trinajstić information content (AvgIpc) is 4.00. The minimum atomic E-state index is 0.825. The molecule has 80 heavy (non-hydrogen) atoms. The summed E-state index contributed by atoms with van der Waals surface area (Å²) in [5.41, 5.74) is 17.0. The van der Waals surface area contributed by atoms with Crippen molar-refractivity contribution in [1.29, 1.82) is 0 Å². The maximum Gasteiger partial charge on any atom is 0.0540 e. The van der Waals surface area contributed by atoms with E-state index in [0.29, 0.717) is 0 Å². The molecule has 0 saturated carbocycles. The molecule has 0 amide bonds. The summed E-state index contributed by atoms with van der Waals surface area (Å²) >= 11 is 0. The van der Waals surface area contributed by atoms with Crippen LogP contribution < -0.4 is 19.6 Å². The molecule has 0 unspecified atom stereocenters. The zero-order valence-corrected chi connectivity index (χ0v) is 44.5. The number of nitrogens with zero attached hydrogens (tertiary/aromatic N) is 5. The van der Waals surface area contributed by atoms with Gasteiger partial charge in [0.15, 0.2) is 0 Å². The number of rotatable bonds is 15. The molecule has 0 aliphatic rings. The maximum atomic E-state index is 4.86. The van der Waals surface area contributed by atoms with Gasteiger partial charge in [0.25, 0.3) is 0 Å². The number of para-hydroxylation sites is 5. The summed E-state index contributed by atoms with van der Waals surface area (Å²) in [7, 11) is 0. The van der Waals surface area contributed by atoms with Crippen molar-refractivity contribution in [3.63, 3.8) is 0 Å². The van der Waals surface area contributed by atoms with Crippen molar-refractivity contribution in [2.24, 2.45) is 0 Å². The predicted octanol–water partition coefficient (Wildman–Crippen LogP) is 21.0. The fourth-order valence-electron chi connectivity index (χ4n) is 11.3. The first kappa shape index (κ1) is 49.0. The van der Waals surface area contributed by atoms with E-state index in [0.717, 1.165) is 107 Å². The van der Waals surface area contributed by atoms with Crippen LogP contribution in [-0.2, 0) is 0 Å². The highest BCUT2D eigenvalue weighted by Gasteiger charge is 2.23. The highest BCUT2D eigenvalue weighted by molar-refractivity contribution is 6.02. The topological polar surface area (TPSA) is 17.9 Å². The fourth-order valence-corrected chi connectivity index (χ4v) is 11.3. The van der Waals surface area contributed by atoms with Gasteiger partial charge in [0.1, 0.15) is 0 Å². The van der Waals surface area contributed by atoms with Crippen molar-refractivity contribution >= 4 is 101 Å². The molecule has 0 radical (unpaired) electrons. The van der Waals surface area contributed by atoms with Crippen molar-refractivity contribution in [2.75, 3.05) is 19.6 Å². The van der Waals surface area contributed by atoms with Gasteiger partial charge in [-0.05, 0) is 175 Å². The zero-order chi connectivity index (χ0) is 53.8. The van der Waals surface area contributed by atoms with Gasteiger partial charge in [0.2, 0.25) is 0 Å². The molecule has 12 aromatic carbocycles. The summed E-state index contributed by atoms with van der Waals surface area (Å²) < 4.78 is 2.38. The molecule has 5 nitrogen and oxygen atoms in total. The molecule has 13 aromatic rings. The lowest BCUT2D eigenvalue weighted by Gasteiger charge is -2.29. The number of aryl methyl sites for hydroxylation is 1. The predicted molar refractivity (Wildman–Crippen MR) is 340 cm³/mol. The number of anilines is 11. The van der Waals surface area contributed by atoms with Crippen molar-refractivity contribution < 1.29 is 0 Å². The van der Waals surface area contributed by atoms with Crippen LogP contribution in [0.25, 0.3) is 44.2 Å². The lowest BCUT2D eigenvalue weighted by molar-refractivity contribution is 1.10. The molecule has 1 heterocycles. The van der Waals surface area contributed by atoms with Gasteiger partial charge in [-0.25, -0.2) is 0 Å². The van der Waals surface area contributed by atoms with Crippen molar-refractivity contribution in [2.45, 2.75) is 6.92 Å². The third-order valence-electron chi connectivity index (χ3n) is 15.0. The van der Waals surface area contributed by atoms with E-state index in [4.69, 9.17) is 6.58 Å². The molecule has 5 heteroatoms. The second-order valence-electron chi connectivity index (χ2n) is 19.9. The summed E-state index contributed by atoms with van der Waals surface area (Å²) in [4.78, 5) is 9.29. The molecular weight excluding hydrogens is 971 g/mol. The Labute approximate surface area is 468 Å². The van der Waals surface area contributed by atoms with Gasteiger partial charge in [0, 0.05) is 84.4 Å². The number of fused-ring (bicyclic) bond motifs is 3. The quantitative estimate of drug-likeness (QED) is 0.0952. The largest absolute Gasteiger partial charge is 0.311 e. The molecule has 0 aliphatic heterocycles. The first-order chi connectivity index (χ1) is 39.6.